The van der Waals surface area contributed by atoms with Gasteiger partial charge in [0.15, 0.2) is 34.3 Å². The molecule has 50 heavy (non-hydrogen) atoms. The molecule has 0 fully saturated rings. The number of carbonyl (C=O) groups excluding carboxylic acids is 3. The number of nitrogens with one attached hydrogen (secondary N) is 3. The summed E-state index contributed by atoms with van der Waals surface area (Å²) in [5, 5.41) is 66.3. The van der Waals surface area contributed by atoms with E-state index in [-0.39, 0.29) is 136 Å². The maximum absolute atomic E-state index is 12.9. The van der Waals surface area contributed by atoms with E-state index < -0.39 is 51.3 Å². The molecule has 3 rings (SSSR count). The number of aromatic nitrogens is 3. The van der Waals surface area contributed by atoms with Gasteiger partial charge in [-0.05, 0) is 0 Å². The average molecular weight is 847 g/mol. The van der Waals surface area contributed by atoms with Crippen LogP contribution in [0.3, 0.4) is 0 Å². The third-order valence-corrected chi connectivity index (χ3v) is 7.26. The molecular formula is C30H39GdN7O12+3. The summed E-state index contributed by atoms with van der Waals surface area (Å²) in [5.74, 6) is -4.84. The summed E-state index contributed by atoms with van der Waals surface area (Å²) in [4.78, 5) is 76.3. The summed E-state index contributed by atoms with van der Waals surface area (Å²) < 4.78 is 3.62. The molecule has 0 bridgehead atoms. The van der Waals surface area contributed by atoms with Gasteiger partial charge in [0.25, 0.3) is 17.7 Å². The first-order chi connectivity index (χ1) is 23.4. The largest absolute Gasteiger partial charge is 3.00 e. The average Bonchev–Trinajstić information content (AvgIpc) is 3.06. The van der Waals surface area contributed by atoms with Crippen molar-refractivity contribution in [3.63, 3.8) is 0 Å². The summed E-state index contributed by atoms with van der Waals surface area (Å²) in [7, 11) is 0. The zero-order valence-corrected chi connectivity index (χ0v) is 29.0. The van der Waals surface area contributed by atoms with E-state index in [1.54, 1.807) is 4.90 Å². The van der Waals surface area contributed by atoms with Gasteiger partial charge in [-0.1, -0.05) is 0 Å². The number of hydrogen-bond donors (Lipinski definition) is 9. The second-order valence-electron chi connectivity index (χ2n) is 10.5. The molecular weight excluding hydrogens is 808 g/mol. The molecule has 271 valence electrons. The molecule has 9 N–H and O–H groups in total. The first-order valence-corrected chi connectivity index (χ1v) is 15.1. The van der Waals surface area contributed by atoms with E-state index in [0.717, 1.165) is 18.2 Å². The van der Waals surface area contributed by atoms with Crippen molar-refractivity contribution >= 4 is 17.7 Å². The SMILES string of the molecule is O=C(NCCN(CCNC(=O)c1c(O)c(=O)ccn1CCO)CCNC(=O)c1c(O)c(=O)ccn1CCO)c1c(O)c(=O)ccn1CCO.[Gd+3]. The van der Waals surface area contributed by atoms with Gasteiger partial charge in [0.2, 0.25) is 16.3 Å². The number of aromatic hydroxyl groups is 3. The molecule has 3 aromatic rings. The third-order valence-electron chi connectivity index (χ3n) is 7.26. The van der Waals surface area contributed by atoms with Crippen LogP contribution in [-0.4, -0.2) is 126 Å². The van der Waals surface area contributed by atoms with Gasteiger partial charge in [-0.2, -0.15) is 0 Å². The zero-order chi connectivity index (χ0) is 36.1. The number of aliphatic hydroxyl groups is 3. The van der Waals surface area contributed by atoms with Crippen LogP contribution in [0.1, 0.15) is 31.5 Å². The van der Waals surface area contributed by atoms with Crippen LogP contribution < -0.4 is 32.2 Å². The van der Waals surface area contributed by atoms with Gasteiger partial charge in [0.1, 0.15) is 0 Å². The number of amides is 3. The fraction of sp³-hybridized carbons (Fsp3) is 0.400. The Balaban J connectivity index is 0.00000867. The van der Waals surface area contributed by atoms with Crippen LogP contribution in [-0.2, 0) is 19.6 Å². The van der Waals surface area contributed by atoms with Crippen molar-refractivity contribution in [3.8, 4) is 17.2 Å². The fourth-order valence-electron chi connectivity index (χ4n) is 4.86. The second-order valence-corrected chi connectivity index (χ2v) is 10.5. The molecule has 0 spiro atoms. The molecule has 3 heterocycles. The second kappa shape index (κ2) is 20.5. The number of pyridine rings is 3. The van der Waals surface area contributed by atoms with Crippen LogP contribution >= 0.6 is 0 Å². The quantitative estimate of drug-likeness (QED) is 0.0595. The first-order valence-electron chi connectivity index (χ1n) is 15.1. The number of nitrogens with zero attached hydrogens (tertiary/aromatic N) is 4. The monoisotopic (exact) mass is 847 g/mol. The van der Waals surface area contributed by atoms with E-state index in [1.165, 1.54) is 32.3 Å². The Labute approximate surface area is 316 Å². The number of carbonyl (C=O) groups is 3. The van der Waals surface area contributed by atoms with Crippen LogP contribution in [0.15, 0.2) is 51.2 Å². The van der Waals surface area contributed by atoms with Gasteiger partial charge < -0.3 is 60.3 Å². The van der Waals surface area contributed by atoms with Gasteiger partial charge in [-0.3, -0.25) is 33.7 Å². The van der Waals surface area contributed by atoms with Gasteiger partial charge >= 0.3 is 39.9 Å². The van der Waals surface area contributed by atoms with E-state index in [0.29, 0.717) is 0 Å². The van der Waals surface area contributed by atoms with Gasteiger partial charge in [-0.25, -0.2) is 0 Å². The van der Waals surface area contributed by atoms with E-state index in [2.05, 4.69) is 16.0 Å². The molecule has 0 saturated heterocycles. The third kappa shape index (κ3) is 10.9. The standard InChI is InChI=1S/C30H39N7O12.Gd/c38-16-13-35-7-1-19(41)25(44)22(35)28(47)31-4-10-34(11-5-32-29(48)23-26(45)20(42)2-8-36(23)14-17-39)12-6-33-30(49)24-27(46)21(43)3-9-37(24)15-18-40;/h1-3,7-9,38-40,44-46H,4-6,10-18H2,(H,31,47)(H,32,48)(H,33,49);/q;+3. The molecule has 0 saturated carbocycles. The molecule has 20 heteroatoms. The number of hydrogen-bond acceptors (Lipinski definition) is 13. The van der Waals surface area contributed by atoms with Crippen LogP contribution in [0, 0.1) is 39.9 Å². The Morgan fingerprint density at radius 2 is 0.800 bits per heavy atom. The normalized spacial score (nSPS) is 10.8. The Hall–Kier alpha value is -4.18. The van der Waals surface area contributed by atoms with Crippen LogP contribution in [0.5, 0.6) is 17.2 Å². The smallest absolute Gasteiger partial charge is 0.503 e. The van der Waals surface area contributed by atoms with E-state index >= 15 is 0 Å². The van der Waals surface area contributed by atoms with Crippen molar-refractivity contribution in [2.45, 2.75) is 19.6 Å². The van der Waals surface area contributed by atoms with Crippen molar-refractivity contribution in [2.24, 2.45) is 0 Å². The zero-order valence-electron chi connectivity index (χ0n) is 26.7. The maximum Gasteiger partial charge on any atom is 3.00 e. The molecule has 1 radical (unpaired) electrons. The fourth-order valence-corrected chi connectivity index (χ4v) is 4.86. The van der Waals surface area contributed by atoms with Crippen molar-refractivity contribution in [3.05, 3.63) is 84.5 Å². The predicted octanol–water partition coefficient (Wildman–Crippen LogP) is -3.84. The Morgan fingerprint density at radius 1 is 0.540 bits per heavy atom. The van der Waals surface area contributed by atoms with Gasteiger partial charge in [-0.15, -0.1) is 0 Å². The summed E-state index contributed by atoms with van der Waals surface area (Å²) in [6.07, 6.45) is 3.75. The van der Waals surface area contributed by atoms with Crippen LogP contribution in [0.4, 0.5) is 0 Å². The minimum absolute atomic E-state index is 0. The van der Waals surface area contributed by atoms with Crippen molar-refractivity contribution in [1.82, 2.24) is 34.6 Å². The molecule has 0 aromatic carbocycles. The molecule has 3 amide bonds. The number of rotatable bonds is 18. The molecule has 0 aliphatic heterocycles. The number of aliphatic hydroxyl groups excluding tert-OH is 3. The van der Waals surface area contributed by atoms with Crippen LogP contribution in [0.25, 0.3) is 0 Å². The first kappa shape index (κ1) is 42.0. The van der Waals surface area contributed by atoms with Crippen molar-refractivity contribution in [2.75, 3.05) is 59.1 Å². The molecule has 19 nitrogen and oxygen atoms in total. The van der Waals surface area contributed by atoms with Gasteiger partial charge in [0, 0.05) is 95.7 Å². The maximum atomic E-state index is 12.9. The molecule has 0 unspecified atom stereocenters. The summed E-state index contributed by atoms with van der Waals surface area (Å²) in [5.41, 5.74) is -3.47. The Morgan fingerprint density at radius 3 is 1.04 bits per heavy atom. The molecule has 0 aliphatic carbocycles. The van der Waals surface area contributed by atoms with E-state index in [1.807, 2.05) is 0 Å². The van der Waals surface area contributed by atoms with Crippen molar-refractivity contribution < 1.29 is 85.0 Å². The predicted molar refractivity (Wildman–Crippen MR) is 172 cm³/mol. The molecule has 0 atom stereocenters. The molecule has 0 aliphatic rings. The van der Waals surface area contributed by atoms with Gasteiger partial charge in [0.05, 0.1) is 19.8 Å². The van der Waals surface area contributed by atoms with E-state index in [9.17, 15) is 59.4 Å². The minimum atomic E-state index is -0.812. The summed E-state index contributed by atoms with van der Waals surface area (Å²) >= 11 is 0. The van der Waals surface area contributed by atoms with Crippen molar-refractivity contribution in [1.29, 1.82) is 0 Å². The Kier molecular flexibility index (Phi) is 17.2. The summed E-state index contributed by atoms with van der Waals surface area (Å²) in [6, 6.07) is 3.13. The van der Waals surface area contributed by atoms with Crippen LogP contribution in [0.2, 0.25) is 0 Å². The minimum Gasteiger partial charge on any atom is -0.503 e. The molecule has 3 aromatic heterocycles. The topological polar surface area (TPSA) is 278 Å². The summed E-state index contributed by atoms with van der Waals surface area (Å²) in [6.45, 7) is -1.26. The van der Waals surface area contributed by atoms with E-state index in [4.69, 9.17) is 0 Å². The Bertz CT molecular complexity index is 1620.